The van der Waals surface area contributed by atoms with Crippen LogP contribution < -0.4 is 5.32 Å². The van der Waals surface area contributed by atoms with Crippen LogP contribution in [0.2, 0.25) is 0 Å². The van der Waals surface area contributed by atoms with Crippen LogP contribution in [0.5, 0.6) is 0 Å². The summed E-state index contributed by atoms with van der Waals surface area (Å²) in [5.74, 6) is 1.07. The zero-order valence-corrected chi connectivity index (χ0v) is 12.4. The lowest BCUT2D eigenvalue weighted by molar-refractivity contribution is -0.120. The van der Waals surface area contributed by atoms with E-state index < -0.39 is 0 Å². The third kappa shape index (κ3) is 2.90. The quantitative estimate of drug-likeness (QED) is 0.916. The van der Waals surface area contributed by atoms with Crippen LogP contribution in [0.3, 0.4) is 0 Å². The first-order valence-electron chi connectivity index (χ1n) is 7.63. The topological polar surface area (TPSA) is 46.9 Å². The predicted molar refractivity (Wildman–Crippen MR) is 82.1 cm³/mol. The number of carbonyl (C=O) groups excluding carboxylic acids is 1. The molecule has 4 nitrogen and oxygen atoms in total. The number of benzene rings is 1. The number of aromatic nitrogens is 2. The number of rotatable bonds is 5. The molecule has 1 aliphatic heterocycles. The molecule has 1 atom stereocenters. The second-order valence-corrected chi connectivity index (χ2v) is 5.52. The number of Topliss-reactive ketones (excluding diaryl/α,β-unsaturated/α-hetero) is 1. The molecule has 21 heavy (non-hydrogen) atoms. The highest BCUT2D eigenvalue weighted by Crippen LogP contribution is 2.24. The second-order valence-electron chi connectivity index (χ2n) is 5.52. The molecule has 0 fully saturated rings. The summed E-state index contributed by atoms with van der Waals surface area (Å²) in [6.45, 7) is 3.90. The molecule has 1 unspecified atom stereocenters. The summed E-state index contributed by atoms with van der Waals surface area (Å²) in [5, 5.41) is 3.35. The highest BCUT2D eigenvalue weighted by molar-refractivity contribution is 5.87. The van der Waals surface area contributed by atoms with E-state index in [-0.39, 0.29) is 11.8 Å². The van der Waals surface area contributed by atoms with Gasteiger partial charge < -0.3 is 9.88 Å². The molecule has 2 heterocycles. The van der Waals surface area contributed by atoms with Crippen LogP contribution in [0.1, 0.15) is 36.3 Å². The van der Waals surface area contributed by atoms with Gasteiger partial charge in [0.1, 0.15) is 5.82 Å². The number of ketones is 1. The van der Waals surface area contributed by atoms with Crippen LogP contribution in [0.4, 0.5) is 0 Å². The Balaban J connectivity index is 1.79. The van der Waals surface area contributed by atoms with Crippen molar-refractivity contribution in [3.63, 3.8) is 0 Å². The monoisotopic (exact) mass is 283 g/mol. The fraction of sp³-hybridized carbons (Fsp3) is 0.412. The van der Waals surface area contributed by atoms with E-state index in [0.29, 0.717) is 6.42 Å². The van der Waals surface area contributed by atoms with Crippen molar-refractivity contribution in [3.05, 3.63) is 53.6 Å². The molecule has 2 aromatic rings. The van der Waals surface area contributed by atoms with Crippen LogP contribution in [0.15, 0.2) is 36.7 Å². The Bertz CT molecular complexity index is 632. The summed E-state index contributed by atoms with van der Waals surface area (Å²) in [7, 11) is 0. The molecule has 0 aliphatic carbocycles. The Morgan fingerprint density at radius 3 is 3.14 bits per heavy atom. The molecule has 0 spiro atoms. The standard InChI is InChI=1S/C17H21N3O/c1-2-10-20-11-9-18-16(20)12-15(21)17-14-6-4-3-5-13(14)7-8-19-17/h3-6,9,11,17,19H,2,7-8,10,12H2,1H3. The van der Waals surface area contributed by atoms with E-state index in [0.717, 1.165) is 37.3 Å². The lowest BCUT2D eigenvalue weighted by atomic mass is 9.91. The Morgan fingerprint density at radius 1 is 1.43 bits per heavy atom. The van der Waals surface area contributed by atoms with Gasteiger partial charge in [-0.3, -0.25) is 4.79 Å². The summed E-state index contributed by atoms with van der Waals surface area (Å²) in [6.07, 6.45) is 6.15. The number of nitrogens with one attached hydrogen (secondary N) is 1. The second kappa shape index (κ2) is 6.22. The Morgan fingerprint density at radius 2 is 2.29 bits per heavy atom. The number of fused-ring (bicyclic) bond motifs is 1. The highest BCUT2D eigenvalue weighted by Gasteiger charge is 2.26. The van der Waals surface area contributed by atoms with Crippen molar-refractivity contribution in [1.29, 1.82) is 0 Å². The van der Waals surface area contributed by atoms with Gasteiger partial charge in [-0.2, -0.15) is 0 Å². The number of hydrogen-bond donors (Lipinski definition) is 1. The van der Waals surface area contributed by atoms with Gasteiger partial charge >= 0.3 is 0 Å². The molecule has 0 bridgehead atoms. The summed E-state index contributed by atoms with van der Waals surface area (Å²) in [6, 6.07) is 8.03. The third-order valence-electron chi connectivity index (χ3n) is 4.03. The SMILES string of the molecule is CCCn1ccnc1CC(=O)C1NCCc2ccccc21. The molecule has 0 saturated heterocycles. The van der Waals surface area contributed by atoms with Gasteiger partial charge in [-0.15, -0.1) is 0 Å². The van der Waals surface area contributed by atoms with Crippen molar-refractivity contribution in [1.82, 2.24) is 14.9 Å². The molecule has 1 N–H and O–H groups in total. The normalized spacial score (nSPS) is 17.5. The van der Waals surface area contributed by atoms with E-state index in [1.165, 1.54) is 5.56 Å². The van der Waals surface area contributed by atoms with Crippen LogP contribution in [-0.4, -0.2) is 21.9 Å². The van der Waals surface area contributed by atoms with Crippen LogP contribution in [-0.2, 0) is 24.2 Å². The number of aryl methyl sites for hydroxylation is 1. The van der Waals surface area contributed by atoms with Crippen LogP contribution in [0, 0.1) is 0 Å². The van der Waals surface area contributed by atoms with Gasteiger partial charge in [0.15, 0.2) is 5.78 Å². The maximum absolute atomic E-state index is 12.7. The van der Waals surface area contributed by atoms with Crippen molar-refractivity contribution < 1.29 is 4.79 Å². The maximum Gasteiger partial charge on any atom is 0.161 e. The first kappa shape index (κ1) is 14.0. The van der Waals surface area contributed by atoms with Gasteiger partial charge in [-0.25, -0.2) is 4.98 Å². The van der Waals surface area contributed by atoms with E-state index in [1.807, 2.05) is 18.3 Å². The Kier molecular flexibility index (Phi) is 4.15. The van der Waals surface area contributed by atoms with Crippen molar-refractivity contribution in [2.45, 2.75) is 38.8 Å². The first-order chi connectivity index (χ1) is 10.3. The summed E-state index contributed by atoms with van der Waals surface area (Å²) in [5.41, 5.74) is 2.41. The minimum Gasteiger partial charge on any atom is -0.335 e. The molecule has 1 aromatic heterocycles. The summed E-state index contributed by atoms with van der Waals surface area (Å²) in [4.78, 5) is 17.0. The largest absolute Gasteiger partial charge is 0.335 e. The number of hydrogen-bond acceptors (Lipinski definition) is 3. The lowest BCUT2D eigenvalue weighted by Gasteiger charge is -2.25. The van der Waals surface area contributed by atoms with Gasteiger partial charge in [-0.1, -0.05) is 31.2 Å². The fourth-order valence-corrected chi connectivity index (χ4v) is 3.00. The molecule has 0 amide bonds. The number of nitrogens with zero attached hydrogens (tertiary/aromatic N) is 2. The molecule has 0 saturated carbocycles. The Labute approximate surface area is 125 Å². The maximum atomic E-state index is 12.7. The number of carbonyl (C=O) groups is 1. The molecular weight excluding hydrogens is 262 g/mol. The van der Waals surface area contributed by atoms with E-state index >= 15 is 0 Å². The first-order valence-corrected chi connectivity index (χ1v) is 7.63. The van der Waals surface area contributed by atoms with Crippen molar-refractivity contribution >= 4 is 5.78 Å². The molecule has 110 valence electrons. The van der Waals surface area contributed by atoms with Crippen molar-refractivity contribution in [3.8, 4) is 0 Å². The van der Waals surface area contributed by atoms with E-state index in [2.05, 4.69) is 33.9 Å². The summed E-state index contributed by atoms with van der Waals surface area (Å²) >= 11 is 0. The molecular formula is C17H21N3O. The molecule has 4 heteroatoms. The zero-order valence-electron chi connectivity index (χ0n) is 12.4. The van der Waals surface area contributed by atoms with Gasteiger partial charge in [0.05, 0.1) is 12.5 Å². The van der Waals surface area contributed by atoms with Gasteiger partial charge in [-0.05, 0) is 24.0 Å². The third-order valence-corrected chi connectivity index (χ3v) is 4.03. The highest BCUT2D eigenvalue weighted by atomic mass is 16.1. The van der Waals surface area contributed by atoms with E-state index in [4.69, 9.17) is 0 Å². The lowest BCUT2D eigenvalue weighted by Crippen LogP contribution is -2.36. The van der Waals surface area contributed by atoms with E-state index in [9.17, 15) is 4.79 Å². The van der Waals surface area contributed by atoms with Gasteiger partial charge in [0, 0.05) is 25.5 Å². The smallest absolute Gasteiger partial charge is 0.161 e. The minimum absolute atomic E-state index is 0.193. The van der Waals surface area contributed by atoms with Crippen LogP contribution in [0.25, 0.3) is 0 Å². The average Bonchev–Trinajstić information content (AvgIpc) is 2.94. The van der Waals surface area contributed by atoms with E-state index in [1.54, 1.807) is 6.20 Å². The van der Waals surface area contributed by atoms with Crippen molar-refractivity contribution in [2.24, 2.45) is 0 Å². The number of imidazole rings is 1. The molecule has 3 rings (SSSR count). The average molecular weight is 283 g/mol. The van der Waals surface area contributed by atoms with Crippen molar-refractivity contribution in [2.75, 3.05) is 6.54 Å². The Hall–Kier alpha value is -1.94. The zero-order chi connectivity index (χ0) is 14.7. The van der Waals surface area contributed by atoms with Crippen LogP contribution >= 0.6 is 0 Å². The summed E-state index contributed by atoms with van der Waals surface area (Å²) < 4.78 is 2.08. The fourth-order valence-electron chi connectivity index (χ4n) is 3.00. The molecule has 1 aliphatic rings. The molecule has 0 radical (unpaired) electrons. The van der Waals surface area contributed by atoms with Gasteiger partial charge in [0.2, 0.25) is 0 Å². The molecule has 1 aromatic carbocycles. The minimum atomic E-state index is -0.193. The van der Waals surface area contributed by atoms with Gasteiger partial charge in [0.25, 0.3) is 0 Å². The predicted octanol–water partition coefficient (Wildman–Crippen LogP) is 2.29.